The molecule has 1 fully saturated rings. The molecule has 2 N–H and O–H groups in total. The van der Waals surface area contributed by atoms with Gasteiger partial charge in [0.05, 0.1) is 39.6 Å². The van der Waals surface area contributed by atoms with Crippen molar-refractivity contribution in [3.8, 4) is 5.75 Å². The van der Waals surface area contributed by atoms with Gasteiger partial charge in [0.15, 0.2) is 5.96 Å². The molecule has 0 saturated carbocycles. The van der Waals surface area contributed by atoms with Crippen molar-refractivity contribution in [1.29, 1.82) is 0 Å². The van der Waals surface area contributed by atoms with E-state index in [4.69, 9.17) is 14.2 Å². The van der Waals surface area contributed by atoms with Gasteiger partial charge in [-0.3, -0.25) is 4.99 Å². The Morgan fingerprint density at radius 3 is 2.74 bits per heavy atom. The topological polar surface area (TPSA) is 75.6 Å². The van der Waals surface area contributed by atoms with Crippen LogP contribution in [0.4, 0.5) is 0 Å². The minimum Gasteiger partial charge on any atom is -0.497 e. The molecule has 0 spiro atoms. The zero-order chi connectivity index (χ0) is 19.5. The maximum atomic E-state index is 10.4. The van der Waals surface area contributed by atoms with Crippen molar-refractivity contribution in [2.24, 2.45) is 10.9 Å². The second kappa shape index (κ2) is 11.8. The Balaban J connectivity index is 1.87. The van der Waals surface area contributed by atoms with E-state index in [0.29, 0.717) is 25.7 Å². The fourth-order valence-corrected chi connectivity index (χ4v) is 3.08. The van der Waals surface area contributed by atoms with Crippen LogP contribution in [0.25, 0.3) is 0 Å². The smallest absolute Gasteiger partial charge is 0.194 e. The van der Waals surface area contributed by atoms with Gasteiger partial charge in [0.1, 0.15) is 5.75 Å². The van der Waals surface area contributed by atoms with Crippen molar-refractivity contribution < 1.29 is 19.3 Å². The summed E-state index contributed by atoms with van der Waals surface area (Å²) in [6, 6.07) is 7.44. The van der Waals surface area contributed by atoms with E-state index in [-0.39, 0.29) is 0 Å². The molecule has 0 aromatic heterocycles. The van der Waals surface area contributed by atoms with Crippen LogP contribution in [0.3, 0.4) is 0 Å². The SMILES string of the molecule is CCNC(=NCC(O)c1ccc(OC)cc1)N1CCC(COCCOC)C1. The van der Waals surface area contributed by atoms with Crippen LogP contribution in [0.2, 0.25) is 0 Å². The monoisotopic (exact) mass is 379 g/mol. The van der Waals surface area contributed by atoms with Crippen LogP contribution in [-0.4, -0.2) is 76.2 Å². The van der Waals surface area contributed by atoms with Crippen molar-refractivity contribution in [1.82, 2.24) is 10.2 Å². The molecule has 0 aliphatic carbocycles. The van der Waals surface area contributed by atoms with Crippen LogP contribution in [0.15, 0.2) is 29.3 Å². The van der Waals surface area contributed by atoms with Crippen LogP contribution in [0.1, 0.15) is 25.0 Å². The molecule has 2 rings (SSSR count). The molecule has 1 aromatic carbocycles. The number of nitrogens with zero attached hydrogens (tertiary/aromatic N) is 2. The molecule has 7 nitrogen and oxygen atoms in total. The average Bonchev–Trinajstić information content (AvgIpc) is 3.17. The molecule has 7 heteroatoms. The highest BCUT2D eigenvalue weighted by molar-refractivity contribution is 5.80. The molecule has 1 saturated heterocycles. The lowest BCUT2D eigenvalue weighted by molar-refractivity contribution is 0.0536. The number of rotatable bonds is 10. The van der Waals surface area contributed by atoms with Gasteiger partial charge in [0.2, 0.25) is 0 Å². The summed E-state index contributed by atoms with van der Waals surface area (Å²) in [6.07, 6.45) is 0.443. The summed E-state index contributed by atoms with van der Waals surface area (Å²) in [6.45, 7) is 7.03. The fraction of sp³-hybridized carbons (Fsp3) is 0.650. The van der Waals surface area contributed by atoms with Gasteiger partial charge in [0.25, 0.3) is 0 Å². The molecule has 1 aliphatic heterocycles. The number of hydrogen-bond donors (Lipinski definition) is 2. The number of aliphatic hydroxyl groups excluding tert-OH is 1. The molecular weight excluding hydrogens is 346 g/mol. The predicted molar refractivity (Wildman–Crippen MR) is 106 cm³/mol. The van der Waals surface area contributed by atoms with Gasteiger partial charge >= 0.3 is 0 Å². The molecule has 0 amide bonds. The number of hydrogen-bond acceptors (Lipinski definition) is 5. The summed E-state index contributed by atoms with van der Waals surface area (Å²) in [5.74, 6) is 2.13. The highest BCUT2D eigenvalue weighted by atomic mass is 16.5. The Bertz CT molecular complexity index is 565. The first-order chi connectivity index (χ1) is 13.2. The van der Waals surface area contributed by atoms with E-state index in [1.807, 2.05) is 24.3 Å². The van der Waals surface area contributed by atoms with Crippen LogP contribution >= 0.6 is 0 Å². The van der Waals surface area contributed by atoms with E-state index in [2.05, 4.69) is 22.1 Å². The van der Waals surface area contributed by atoms with E-state index < -0.39 is 6.10 Å². The molecule has 27 heavy (non-hydrogen) atoms. The number of aliphatic hydroxyl groups is 1. The third-order valence-corrected chi connectivity index (χ3v) is 4.62. The van der Waals surface area contributed by atoms with Gasteiger partial charge in [-0.15, -0.1) is 0 Å². The van der Waals surface area contributed by atoms with Gasteiger partial charge < -0.3 is 29.5 Å². The number of nitrogens with one attached hydrogen (secondary N) is 1. The van der Waals surface area contributed by atoms with Gasteiger partial charge in [0, 0.05) is 32.7 Å². The third-order valence-electron chi connectivity index (χ3n) is 4.62. The first-order valence-electron chi connectivity index (χ1n) is 9.59. The summed E-state index contributed by atoms with van der Waals surface area (Å²) in [5.41, 5.74) is 0.834. The molecule has 0 bridgehead atoms. The highest BCUT2D eigenvalue weighted by Crippen LogP contribution is 2.19. The largest absolute Gasteiger partial charge is 0.497 e. The molecule has 0 radical (unpaired) electrons. The predicted octanol–water partition coefficient (Wildman–Crippen LogP) is 1.68. The van der Waals surface area contributed by atoms with E-state index in [1.54, 1.807) is 14.2 Å². The Hall–Kier alpha value is -1.83. The zero-order valence-corrected chi connectivity index (χ0v) is 16.7. The Labute approximate surface area is 162 Å². The van der Waals surface area contributed by atoms with Crippen LogP contribution in [-0.2, 0) is 9.47 Å². The summed E-state index contributed by atoms with van der Waals surface area (Å²) < 4.78 is 15.8. The summed E-state index contributed by atoms with van der Waals surface area (Å²) in [7, 11) is 3.31. The summed E-state index contributed by atoms with van der Waals surface area (Å²) in [5, 5.41) is 13.8. The Morgan fingerprint density at radius 2 is 2.07 bits per heavy atom. The van der Waals surface area contributed by atoms with Crippen molar-refractivity contribution >= 4 is 5.96 Å². The normalized spacial score (nSPS) is 18.6. The van der Waals surface area contributed by atoms with Gasteiger partial charge in [-0.2, -0.15) is 0 Å². The molecule has 1 aliphatic rings. The second-order valence-electron chi connectivity index (χ2n) is 6.65. The summed E-state index contributed by atoms with van der Waals surface area (Å²) >= 11 is 0. The number of methoxy groups -OCH3 is 2. The van der Waals surface area contributed by atoms with E-state index in [1.165, 1.54) is 0 Å². The highest BCUT2D eigenvalue weighted by Gasteiger charge is 2.25. The van der Waals surface area contributed by atoms with Crippen molar-refractivity contribution in [2.75, 3.05) is 60.2 Å². The van der Waals surface area contributed by atoms with E-state index in [0.717, 1.165) is 49.9 Å². The number of aliphatic imine (C=N–C) groups is 1. The van der Waals surface area contributed by atoms with Crippen LogP contribution in [0, 0.1) is 5.92 Å². The lowest BCUT2D eigenvalue weighted by atomic mass is 10.1. The first kappa shape index (κ1) is 21.5. The molecule has 1 aromatic rings. The average molecular weight is 380 g/mol. The number of guanidine groups is 1. The lowest BCUT2D eigenvalue weighted by Crippen LogP contribution is -2.40. The van der Waals surface area contributed by atoms with Crippen molar-refractivity contribution in [3.63, 3.8) is 0 Å². The minimum atomic E-state index is -0.639. The van der Waals surface area contributed by atoms with Crippen molar-refractivity contribution in [3.05, 3.63) is 29.8 Å². The number of likely N-dealkylation sites (tertiary alicyclic amines) is 1. The summed E-state index contributed by atoms with van der Waals surface area (Å²) in [4.78, 5) is 6.89. The third kappa shape index (κ3) is 7.01. The number of benzene rings is 1. The molecule has 152 valence electrons. The second-order valence-corrected chi connectivity index (χ2v) is 6.65. The first-order valence-corrected chi connectivity index (χ1v) is 9.59. The molecule has 2 unspecified atom stereocenters. The van der Waals surface area contributed by atoms with Gasteiger partial charge in [-0.1, -0.05) is 12.1 Å². The Morgan fingerprint density at radius 1 is 1.30 bits per heavy atom. The lowest BCUT2D eigenvalue weighted by Gasteiger charge is -2.22. The van der Waals surface area contributed by atoms with Gasteiger partial charge in [-0.25, -0.2) is 0 Å². The van der Waals surface area contributed by atoms with Crippen LogP contribution < -0.4 is 10.1 Å². The quantitative estimate of drug-likeness (QED) is 0.366. The molecule has 2 atom stereocenters. The van der Waals surface area contributed by atoms with E-state index in [9.17, 15) is 5.11 Å². The minimum absolute atomic E-state index is 0.320. The van der Waals surface area contributed by atoms with Gasteiger partial charge in [-0.05, 0) is 31.0 Å². The van der Waals surface area contributed by atoms with E-state index >= 15 is 0 Å². The molecular formula is C20H33N3O4. The Kier molecular flexibility index (Phi) is 9.38. The standard InChI is InChI=1S/C20H33N3O4/c1-4-21-20(23-10-9-16(14-23)15-27-12-11-25-2)22-13-19(24)17-5-7-18(26-3)8-6-17/h5-8,16,19,24H,4,9-15H2,1-3H3,(H,21,22). The van der Waals surface area contributed by atoms with Crippen LogP contribution in [0.5, 0.6) is 5.75 Å². The van der Waals surface area contributed by atoms with Crippen molar-refractivity contribution in [2.45, 2.75) is 19.4 Å². The maximum absolute atomic E-state index is 10.4. The zero-order valence-electron chi connectivity index (χ0n) is 16.7. The molecule has 1 heterocycles. The maximum Gasteiger partial charge on any atom is 0.194 e. The number of ether oxygens (including phenoxy) is 3. The fourth-order valence-electron chi connectivity index (χ4n) is 3.08.